The lowest BCUT2D eigenvalue weighted by Gasteiger charge is -2.09. The lowest BCUT2D eigenvalue weighted by Crippen LogP contribution is -2.00. The van der Waals surface area contributed by atoms with E-state index in [4.69, 9.17) is 0 Å². The van der Waals surface area contributed by atoms with Gasteiger partial charge < -0.3 is 10.6 Å². The SMILES string of the molecule is CCNc1cc(Nc2ccccc2F)ccn1. The van der Waals surface area contributed by atoms with Crippen LogP contribution in [-0.4, -0.2) is 11.5 Å². The first-order chi connectivity index (χ1) is 8.29. The molecule has 0 amide bonds. The van der Waals surface area contributed by atoms with Gasteiger partial charge in [0.05, 0.1) is 5.69 Å². The molecule has 0 fully saturated rings. The molecule has 17 heavy (non-hydrogen) atoms. The van der Waals surface area contributed by atoms with Crippen LogP contribution in [0.15, 0.2) is 42.6 Å². The number of benzene rings is 1. The molecule has 1 heterocycles. The molecule has 0 atom stereocenters. The van der Waals surface area contributed by atoms with Gasteiger partial charge in [0.1, 0.15) is 11.6 Å². The number of nitrogens with zero attached hydrogens (tertiary/aromatic N) is 1. The van der Waals surface area contributed by atoms with Crippen LogP contribution in [0, 0.1) is 5.82 Å². The number of pyridine rings is 1. The Labute approximate surface area is 99.7 Å². The number of hydrogen-bond acceptors (Lipinski definition) is 3. The second-order valence-electron chi connectivity index (χ2n) is 3.56. The maximum Gasteiger partial charge on any atom is 0.146 e. The monoisotopic (exact) mass is 231 g/mol. The van der Waals surface area contributed by atoms with Gasteiger partial charge in [0.2, 0.25) is 0 Å². The summed E-state index contributed by atoms with van der Waals surface area (Å²) in [5, 5.41) is 6.12. The molecule has 0 saturated heterocycles. The Hall–Kier alpha value is -2.10. The first-order valence-electron chi connectivity index (χ1n) is 5.51. The van der Waals surface area contributed by atoms with Gasteiger partial charge in [-0.15, -0.1) is 0 Å². The summed E-state index contributed by atoms with van der Waals surface area (Å²) < 4.78 is 13.4. The molecule has 0 radical (unpaired) electrons. The van der Waals surface area contributed by atoms with E-state index in [1.807, 2.05) is 13.0 Å². The third kappa shape index (κ3) is 2.93. The largest absolute Gasteiger partial charge is 0.370 e. The zero-order valence-electron chi connectivity index (χ0n) is 9.57. The van der Waals surface area contributed by atoms with Gasteiger partial charge in [0, 0.05) is 24.5 Å². The van der Waals surface area contributed by atoms with E-state index in [2.05, 4.69) is 15.6 Å². The molecule has 0 spiro atoms. The lowest BCUT2D eigenvalue weighted by atomic mass is 10.3. The highest BCUT2D eigenvalue weighted by molar-refractivity contribution is 5.62. The molecule has 88 valence electrons. The van der Waals surface area contributed by atoms with Gasteiger partial charge in [-0.2, -0.15) is 0 Å². The van der Waals surface area contributed by atoms with Crippen molar-refractivity contribution in [2.45, 2.75) is 6.92 Å². The van der Waals surface area contributed by atoms with Crippen molar-refractivity contribution in [2.24, 2.45) is 0 Å². The minimum atomic E-state index is -0.269. The van der Waals surface area contributed by atoms with Crippen LogP contribution in [0.4, 0.5) is 21.6 Å². The number of hydrogen-bond donors (Lipinski definition) is 2. The molecule has 0 bridgehead atoms. The van der Waals surface area contributed by atoms with Crippen molar-refractivity contribution in [2.75, 3.05) is 17.2 Å². The van der Waals surface area contributed by atoms with Crippen molar-refractivity contribution >= 4 is 17.2 Å². The predicted molar refractivity (Wildman–Crippen MR) is 68.1 cm³/mol. The number of para-hydroxylation sites is 1. The van der Waals surface area contributed by atoms with Crippen LogP contribution >= 0.6 is 0 Å². The van der Waals surface area contributed by atoms with Gasteiger partial charge in [-0.3, -0.25) is 0 Å². The van der Waals surface area contributed by atoms with E-state index in [9.17, 15) is 4.39 Å². The lowest BCUT2D eigenvalue weighted by molar-refractivity contribution is 0.632. The maximum atomic E-state index is 13.4. The molecule has 1 aromatic heterocycles. The van der Waals surface area contributed by atoms with E-state index in [0.717, 1.165) is 18.1 Å². The third-order valence-electron chi connectivity index (χ3n) is 2.27. The van der Waals surface area contributed by atoms with Gasteiger partial charge in [-0.25, -0.2) is 9.37 Å². The standard InChI is InChI=1S/C13H14FN3/c1-2-15-13-9-10(7-8-16-13)17-12-6-4-3-5-11(12)14/h3-9H,2H2,1H3,(H2,15,16,17). The summed E-state index contributed by atoms with van der Waals surface area (Å²) in [5.41, 5.74) is 1.27. The van der Waals surface area contributed by atoms with Gasteiger partial charge >= 0.3 is 0 Å². The Morgan fingerprint density at radius 3 is 2.82 bits per heavy atom. The summed E-state index contributed by atoms with van der Waals surface area (Å²) in [5.74, 6) is 0.503. The fourth-order valence-electron chi connectivity index (χ4n) is 1.50. The Bertz CT molecular complexity index is 500. The quantitative estimate of drug-likeness (QED) is 0.846. The van der Waals surface area contributed by atoms with E-state index < -0.39 is 0 Å². The van der Waals surface area contributed by atoms with Crippen molar-refractivity contribution in [3.8, 4) is 0 Å². The molecule has 2 aromatic rings. The predicted octanol–water partition coefficient (Wildman–Crippen LogP) is 3.40. The number of aromatic nitrogens is 1. The molecule has 0 saturated carbocycles. The average Bonchev–Trinajstić information content (AvgIpc) is 2.33. The van der Waals surface area contributed by atoms with Crippen molar-refractivity contribution < 1.29 is 4.39 Å². The first-order valence-corrected chi connectivity index (χ1v) is 5.51. The van der Waals surface area contributed by atoms with Crippen LogP contribution in [0.2, 0.25) is 0 Å². The molecule has 2 rings (SSSR count). The average molecular weight is 231 g/mol. The van der Waals surface area contributed by atoms with Crippen molar-refractivity contribution in [3.63, 3.8) is 0 Å². The minimum absolute atomic E-state index is 0.269. The van der Waals surface area contributed by atoms with Crippen molar-refractivity contribution in [3.05, 3.63) is 48.4 Å². The number of halogens is 1. The summed E-state index contributed by atoms with van der Waals surface area (Å²) in [6.45, 7) is 2.80. The summed E-state index contributed by atoms with van der Waals surface area (Å²) >= 11 is 0. The maximum absolute atomic E-state index is 13.4. The highest BCUT2D eigenvalue weighted by atomic mass is 19.1. The zero-order chi connectivity index (χ0) is 12.1. The summed E-state index contributed by atoms with van der Waals surface area (Å²) in [7, 11) is 0. The second kappa shape index (κ2) is 5.30. The van der Waals surface area contributed by atoms with E-state index in [0.29, 0.717) is 5.69 Å². The van der Waals surface area contributed by atoms with E-state index in [1.165, 1.54) is 6.07 Å². The fraction of sp³-hybridized carbons (Fsp3) is 0.154. The van der Waals surface area contributed by atoms with Crippen LogP contribution in [0.1, 0.15) is 6.92 Å². The molecule has 2 N–H and O–H groups in total. The normalized spacial score (nSPS) is 10.0. The Balaban J connectivity index is 2.18. The van der Waals surface area contributed by atoms with E-state index >= 15 is 0 Å². The molecule has 3 nitrogen and oxygen atoms in total. The third-order valence-corrected chi connectivity index (χ3v) is 2.27. The molecular weight excluding hydrogens is 217 g/mol. The Kier molecular flexibility index (Phi) is 3.55. The number of nitrogens with one attached hydrogen (secondary N) is 2. The smallest absolute Gasteiger partial charge is 0.146 e. The Morgan fingerprint density at radius 1 is 1.24 bits per heavy atom. The number of rotatable bonds is 4. The highest BCUT2D eigenvalue weighted by Crippen LogP contribution is 2.20. The molecule has 1 aromatic carbocycles. The summed E-state index contributed by atoms with van der Waals surface area (Å²) in [4.78, 5) is 4.15. The van der Waals surface area contributed by atoms with Crippen LogP contribution < -0.4 is 10.6 Å². The second-order valence-corrected chi connectivity index (χ2v) is 3.56. The molecular formula is C13H14FN3. The van der Waals surface area contributed by atoms with Gasteiger partial charge in [-0.1, -0.05) is 12.1 Å². The van der Waals surface area contributed by atoms with Gasteiger partial charge in [0.25, 0.3) is 0 Å². The topological polar surface area (TPSA) is 37.0 Å². The molecule has 4 heteroatoms. The molecule has 0 aliphatic heterocycles. The molecule has 0 aliphatic carbocycles. The van der Waals surface area contributed by atoms with Crippen LogP contribution in [0.25, 0.3) is 0 Å². The van der Waals surface area contributed by atoms with Gasteiger partial charge in [0.15, 0.2) is 0 Å². The van der Waals surface area contributed by atoms with Crippen LogP contribution in [-0.2, 0) is 0 Å². The molecule has 0 unspecified atom stereocenters. The van der Waals surface area contributed by atoms with Crippen LogP contribution in [0.5, 0.6) is 0 Å². The van der Waals surface area contributed by atoms with Gasteiger partial charge in [-0.05, 0) is 25.1 Å². The fourth-order valence-corrected chi connectivity index (χ4v) is 1.50. The summed E-state index contributed by atoms with van der Waals surface area (Å²) in [6, 6.07) is 10.2. The van der Waals surface area contributed by atoms with Crippen molar-refractivity contribution in [1.82, 2.24) is 4.98 Å². The zero-order valence-corrected chi connectivity index (χ0v) is 9.57. The summed E-state index contributed by atoms with van der Waals surface area (Å²) in [6.07, 6.45) is 1.68. The highest BCUT2D eigenvalue weighted by Gasteiger charge is 2.01. The van der Waals surface area contributed by atoms with Crippen molar-refractivity contribution in [1.29, 1.82) is 0 Å². The molecule has 0 aliphatic rings. The first kappa shape index (κ1) is 11.4. The van der Waals surface area contributed by atoms with E-state index in [-0.39, 0.29) is 5.82 Å². The van der Waals surface area contributed by atoms with Crippen LogP contribution in [0.3, 0.4) is 0 Å². The minimum Gasteiger partial charge on any atom is -0.370 e. The van der Waals surface area contributed by atoms with E-state index in [1.54, 1.807) is 30.5 Å². The number of anilines is 3. The Morgan fingerprint density at radius 2 is 2.06 bits per heavy atom.